The molecule has 0 bridgehead atoms. The first kappa shape index (κ1) is 22.7. The number of rotatable bonds is 0. The molecule has 0 heterocycles. The Balaban J connectivity index is -0.0000000267. The Bertz CT molecular complexity index is 65.1. The van der Waals surface area contributed by atoms with Crippen LogP contribution in [0.4, 0.5) is 34.5 Å². The maximum absolute atomic E-state index is 9.75. The van der Waals surface area contributed by atoms with Gasteiger partial charge < -0.3 is 40.7 Å². The van der Waals surface area contributed by atoms with Crippen molar-refractivity contribution in [1.29, 1.82) is 0 Å². The van der Waals surface area contributed by atoms with Gasteiger partial charge in [-0.05, 0) is 0 Å². The Hall–Kier alpha value is 0.153. The molecule has 0 spiro atoms. The normalized spacial score (nSPS) is 10.0. The van der Waals surface area contributed by atoms with Gasteiger partial charge in [0.2, 0.25) is 0 Å². The Kier molecular flexibility index (Phi) is 14.8. The average molecular weight is 258 g/mol. The summed E-state index contributed by atoms with van der Waals surface area (Å²) in [5, 5.41) is 0. The zero-order chi connectivity index (χ0) is 9.00. The minimum atomic E-state index is -6.00. The molecule has 0 aliphatic heterocycles. The van der Waals surface area contributed by atoms with E-state index in [1.807, 2.05) is 0 Å². The van der Waals surface area contributed by atoms with E-state index in [-0.39, 0.29) is 27.1 Å². The van der Waals surface area contributed by atoms with Crippen molar-refractivity contribution in [2.75, 3.05) is 0 Å². The fourth-order valence-electron chi connectivity index (χ4n) is 0. The summed E-state index contributed by atoms with van der Waals surface area (Å²) in [6, 6.07) is 0. The molecule has 1 nitrogen and oxygen atoms in total. The van der Waals surface area contributed by atoms with Crippen LogP contribution in [0.5, 0.6) is 0 Å². The molecule has 0 unspecified atom stereocenters. The second-order valence-electron chi connectivity index (χ2n) is 0.990. The quantitative estimate of drug-likeness (QED) is 0.512. The van der Waals surface area contributed by atoms with Gasteiger partial charge in [-0.1, -0.05) is 0 Å². The zero-order valence-electron chi connectivity index (χ0n) is 6.89. The van der Waals surface area contributed by atoms with Gasteiger partial charge in [0.25, 0.3) is 0 Å². The van der Waals surface area contributed by atoms with Crippen molar-refractivity contribution in [2.45, 2.75) is 0 Å². The molecule has 0 aromatic heterocycles. The average Bonchev–Trinajstić information content (AvgIpc) is 1.12. The monoisotopic (exact) mass is 257 g/mol. The van der Waals surface area contributed by atoms with Gasteiger partial charge in [-0.2, -0.15) is 0 Å². The minimum absolute atomic E-state index is 0. The predicted molar refractivity (Wildman–Crippen MR) is 27.5 cm³/mol. The Morgan fingerprint density at radius 2 is 0.583 bits per heavy atom. The van der Waals surface area contributed by atoms with Crippen molar-refractivity contribution in [3.05, 3.63) is 0 Å². The minimum Gasteiger partial charge on any atom is -0.418 e. The third-order valence-corrected chi connectivity index (χ3v) is 0. The van der Waals surface area contributed by atoms with E-state index in [4.69, 9.17) is 0 Å². The molecular formula is H5B2F8NZn. The van der Waals surface area contributed by atoms with Crippen LogP contribution in [-0.2, 0) is 19.5 Å². The second kappa shape index (κ2) is 7.78. The summed E-state index contributed by atoms with van der Waals surface area (Å²) in [5.41, 5.74) is 0. The van der Waals surface area contributed by atoms with Gasteiger partial charge in [-0.3, -0.25) is 0 Å². The number of hydrogen-bond acceptors (Lipinski definition) is 0. The predicted octanol–water partition coefficient (Wildman–Crippen LogP) is 3.09. The maximum atomic E-state index is 9.75. The van der Waals surface area contributed by atoms with Crippen LogP contribution in [0.2, 0.25) is 0 Å². The molecule has 4 N–H and O–H groups in total. The van der Waals surface area contributed by atoms with E-state index in [2.05, 4.69) is 0 Å². The molecule has 0 aliphatic rings. The van der Waals surface area contributed by atoms with Gasteiger partial charge in [0.05, 0.1) is 0 Å². The van der Waals surface area contributed by atoms with Crippen LogP contribution in [0.3, 0.4) is 0 Å². The van der Waals surface area contributed by atoms with Crippen LogP contribution in [0.25, 0.3) is 0 Å². The standard InChI is InChI=1S/2BF4.H3N.Zn/c2*2-1(3,4)5;;/h;;1H3;/q2*-1;;/p+2. The zero-order valence-corrected chi connectivity index (χ0v) is 8.85. The van der Waals surface area contributed by atoms with E-state index >= 15 is 0 Å². The smallest absolute Gasteiger partial charge is 0.418 e. The molecule has 0 aromatic carbocycles. The first-order chi connectivity index (χ1) is 4.00. The molecule has 0 radical (unpaired) electrons. The van der Waals surface area contributed by atoms with E-state index in [0.717, 1.165) is 0 Å². The van der Waals surface area contributed by atoms with Crippen LogP contribution < -0.4 is 6.15 Å². The number of halogens is 8. The van der Waals surface area contributed by atoms with Crippen LogP contribution >= 0.6 is 0 Å². The molecular weight excluding hydrogens is 253 g/mol. The largest absolute Gasteiger partial charge is 1.00 e. The van der Waals surface area contributed by atoms with Crippen molar-refractivity contribution < 1.29 is 55.4 Å². The van der Waals surface area contributed by atoms with Gasteiger partial charge in [-0.25, -0.2) is 0 Å². The molecule has 0 atom stereocenters. The van der Waals surface area contributed by atoms with Crippen LogP contribution in [0, 0.1) is 0 Å². The molecule has 12 heteroatoms. The van der Waals surface area contributed by atoms with Gasteiger partial charge in [0.1, 0.15) is 0 Å². The summed E-state index contributed by atoms with van der Waals surface area (Å²) in [5.74, 6) is 0. The molecule has 12 heavy (non-hydrogen) atoms. The summed E-state index contributed by atoms with van der Waals surface area (Å²) >= 11 is 0. The van der Waals surface area contributed by atoms with Crippen molar-refractivity contribution in [2.24, 2.45) is 0 Å². The van der Waals surface area contributed by atoms with Gasteiger partial charge in [-0.15, -0.1) is 0 Å². The topological polar surface area (TPSA) is 36.5 Å². The molecule has 0 aromatic rings. The molecule has 0 saturated carbocycles. The SMILES string of the molecule is F[B-](F)(F)F.F[B-](F)(F)F.[H+].[NH4+].[Zn]. The Morgan fingerprint density at radius 3 is 0.583 bits per heavy atom. The summed E-state index contributed by atoms with van der Waals surface area (Å²) in [7, 11) is -12.0. The van der Waals surface area contributed by atoms with Gasteiger partial charge >= 0.3 is 15.9 Å². The molecule has 0 amide bonds. The fraction of sp³-hybridized carbons (Fsp3) is 0. The second-order valence-corrected chi connectivity index (χ2v) is 0.990. The van der Waals surface area contributed by atoms with E-state index < -0.39 is 14.5 Å². The fourth-order valence-corrected chi connectivity index (χ4v) is 0. The first-order valence-electron chi connectivity index (χ1n) is 1.75. The van der Waals surface area contributed by atoms with Gasteiger partial charge in [0.15, 0.2) is 0 Å². The van der Waals surface area contributed by atoms with E-state index in [9.17, 15) is 34.5 Å². The van der Waals surface area contributed by atoms with Crippen molar-refractivity contribution >= 4 is 14.5 Å². The van der Waals surface area contributed by atoms with Gasteiger partial charge in [0, 0.05) is 19.5 Å². The van der Waals surface area contributed by atoms with Crippen LogP contribution in [0.15, 0.2) is 0 Å². The van der Waals surface area contributed by atoms with Crippen molar-refractivity contribution in [3.8, 4) is 0 Å². The number of quaternary nitrogens is 1. The molecule has 0 aliphatic carbocycles. The van der Waals surface area contributed by atoms with Crippen LogP contribution in [-0.4, -0.2) is 14.5 Å². The maximum Gasteiger partial charge on any atom is 1.00 e. The Labute approximate surface area is 76.9 Å². The van der Waals surface area contributed by atoms with E-state index in [1.165, 1.54) is 0 Å². The summed E-state index contributed by atoms with van der Waals surface area (Å²) in [6.07, 6.45) is 0. The summed E-state index contributed by atoms with van der Waals surface area (Å²) < 4.78 is 78.0. The van der Waals surface area contributed by atoms with Crippen molar-refractivity contribution in [1.82, 2.24) is 6.15 Å². The first-order valence-corrected chi connectivity index (χ1v) is 1.75. The molecule has 74 valence electrons. The summed E-state index contributed by atoms with van der Waals surface area (Å²) in [4.78, 5) is 0. The van der Waals surface area contributed by atoms with Crippen LogP contribution in [0.1, 0.15) is 1.43 Å². The molecule has 0 fully saturated rings. The van der Waals surface area contributed by atoms with Crippen molar-refractivity contribution in [3.63, 3.8) is 0 Å². The molecule has 0 saturated heterocycles. The Morgan fingerprint density at radius 1 is 0.583 bits per heavy atom. The number of hydrogen-bond donors (Lipinski definition) is 1. The third-order valence-electron chi connectivity index (χ3n) is 0. The molecule has 0 rings (SSSR count). The third kappa shape index (κ3) is 36200. The van der Waals surface area contributed by atoms with E-state index in [0.29, 0.717) is 0 Å². The summed E-state index contributed by atoms with van der Waals surface area (Å²) in [6.45, 7) is 0. The van der Waals surface area contributed by atoms with E-state index in [1.54, 1.807) is 0 Å².